The largest absolute Gasteiger partial charge is 0.494 e. The maximum Gasteiger partial charge on any atom is 0.410 e. The number of aliphatic hydroxyl groups excluding tert-OH is 1. The standard InChI is InChI=1S/C19H28N2O4/c1-19(2,3)25-18(23)21(12-5-6-14-22)13-7-15-24-17-10-8-16(20-4)9-11-17/h8-11,22H,5-7,12-15H2,1-3H3. The van der Waals surface area contributed by atoms with Crippen LogP contribution in [0.25, 0.3) is 4.85 Å². The second-order valence-corrected chi connectivity index (χ2v) is 6.71. The highest BCUT2D eigenvalue weighted by atomic mass is 16.6. The number of benzene rings is 1. The van der Waals surface area contributed by atoms with Crippen LogP contribution in [0, 0.1) is 6.57 Å². The van der Waals surface area contributed by atoms with E-state index in [4.69, 9.17) is 21.2 Å². The van der Waals surface area contributed by atoms with Crippen molar-refractivity contribution in [2.75, 3.05) is 26.3 Å². The van der Waals surface area contributed by atoms with Crippen molar-refractivity contribution in [3.8, 4) is 5.75 Å². The van der Waals surface area contributed by atoms with Crippen LogP contribution in [0.5, 0.6) is 5.75 Å². The first kappa shape index (κ1) is 20.8. The minimum Gasteiger partial charge on any atom is -0.494 e. The average Bonchev–Trinajstić information content (AvgIpc) is 2.56. The number of ether oxygens (including phenoxy) is 2. The topological polar surface area (TPSA) is 63.4 Å². The van der Waals surface area contributed by atoms with Gasteiger partial charge >= 0.3 is 6.09 Å². The van der Waals surface area contributed by atoms with Crippen LogP contribution in [-0.2, 0) is 4.74 Å². The van der Waals surface area contributed by atoms with Crippen LogP contribution in [0.1, 0.15) is 40.0 Å². The average molecular weight is 348 g/mol. The lowest BCUT2D eigenvalue weighted by Crippen LogP contribution is -2.38. The molecule has 25 heavy (non-hydrogen) atoms. The number of nitrogens with zero attached hydrogens (tertiary/aromatic N) is 2. The van der Waals surface area contributed by atoms with Crippen LogP contribution in [0.4, 0.5) is 10.5 Å². The van der Waals surface area contributed by atoms with E-state index in [0.717, 1.165) is 6.42 Å². The maximum absolute atomic E-state index is 12.3. The quantitative estimate of drug-likeness (QED) is 0.541. The van der Waals surface area contributed by atoms with Crippen molar-refractivity contribution in [2.45, 2.75) is 45.6 Å². The Bertz CT molecular complexity index is 558. The SMILES string of the molecule is [C-]#[N+]c1ccc(OCCCN(CCCCO)C(=O)OC(C)(C)C)cc1. The molecular weight excluding hydrogens is 320 g/mol. The molecule has 6 heteroatoms. The molecule has 0 heterocycles. The van der Waals surface area contributed by atoms with Gasteiger partial charge in [-0.05, 0) is 52.2 Å². The molecule has 1 amide bonds. The Morgan fingerprint density at radius 3 is 2.36 bits per heavy atom. The number of aliphatic hydroxyl groups is 1. The Labute approximate surface area is 150 Å². The predicted octanol–water partition coefficient (Wildman–Crippen LogP) is 4.02. The number of carbonyl (C=O) groups is 1. The number of hydrogen-bond acceptors (Lipinski definition) is 4. The molecule has 0 bridgehead atoms. The van der Waals surface area contributed by atoms with Gasteiger partial charge in [-0.15, -0.1) is 0 Å². The lowest BCUT2D eigenvalue weighted by molar-refractivity contribution is 0.0236. The van der Waals surface area contributed by atoms with Crippen molar-refractivity contribution in [1.82, 2.24) is 4.90 Å². The van der Waals surface area contributed by atoms with Crippen LogP contribution >= 0.6 is 0 Å². The normalized spacial score (nSPS) is 10.8. The second kappa shape index (κ2) is 10.6. The Balaban J connectivity index is 2.44. The van der Waals surface area contributed by atoms with Crippen molar-refractivity contribution < 1.29 is 19.4 Å². The molecular formula is C19H28N2O4. The monoisotopic (exact) mass is 348 g/mol. The summed E-state index contributed by atoms with van der Waals surface area (Å²) in [5.41, 5.74) is 0.0420. The van der Waals surface area contributed by atoms with E-state index in [9.17, 15) is 4.79 Å². The van der Waals surface area contributed by atoms with Crippen LogP contribution in [0.15, 0.2) is 24.3 Å². The summed E-state index contributed by atoms with van der Waals surface area (Å²) in [5.74, 6) is 0.705. The number of rotatable bonds is 9. The first-order valence-electron chi connectivity index (χ1n) is 8.55. The van der Waals surface area contributed by atoms with Crippen LogP contribution in [0.3, 0.4) is 0 Å². The van der Waals surface area contributed by atoms with Gasteiger partial charge in [-0.3, -0.25) is 0 Å². The molecule has 1 aromatic rings. The van der Waals surface area contributed by atoms with E-state index in [-0.39, 0.29) is 12.7 Å². The molecule has 0 spiro atoms. The van der Waals surface area contributed by atoms with Gasteiger partial charge < -0.3 is 19.5 Å². The first-order valence-corrected chi connectivity index (χ1v) is 8.55. The van der Waals surface area contributed by atoms with Crippen molar-refractivity contribution in [1.29, 1.82) is 0 Å². The zero-order valence-corrected chi connectivity index (χ0v) is 15.3. The smallest absolute Gasteiger partial charge is 0.410 e. The summed E-state index contributed by atoms with van der Waals surface area (Å²) in [7, 11) is 0. The molecule has 6 nitrogen and oxygen atoms in total. The van der Waals surface area contributed by atoms with E-state index in [2.05, 4.69) is 4.85 Å². The summed E-state index contributed by atoms with van der Waals surface area (Å²) < 4.78 is 11.1. The van der Waals surface area contributed by atoms with Gasteiger partial charge in [0.05, 0.1) is 13.2 Å². The van der Waals surface area contributed by atoms with Crippen LogP contribution in [0.2, 0.25) is 0 Å². The van der Waals surface area contributed by atoms with Gasteiger partial charge in [0.1, 0.15) is 11.4 Å². The number of carbonyl (C=O) groups excluding carboxylic acids is 1. The Kier molecular flexibility index (Phi) is 8.79. The molecule has 1 rings (SSSR count). The predicted molar refractivity (Wildman–Crippen MR) is 96.9 cm³/mol. The lowest BCUT2D eigenvalue weighted by atomic mass is 10.2. The lowest BCUT2D eigenvalue weighted by Gasteiger charge is -2.27. The fourth-order valence-corrected chi connectivity index (χ4v) is 2.10. The molecule has 0 fully saturated rings. The zero-order valence-electron chi connectivity index (χ0n) is 15.3. The van der Waals surface area contributed by atoms with Gasteiger partial charge in [-0.1, -0.05) is 12.1 Å². The Morgan fingerprint density at radius 2 is 1.80 bits per heavy atom. The van der Waals surface area contributed by atoms with E-state index in [1.807, 2.05) is 20.8 Å². The molecule has 1 aromatic carbocycles. The van der Waals surface area contributed by atoms with Gasteiger partial charge in [-0.2, -0.15) is 0 Å². The van der Waals surface area contributed by atoms with Gasteiger partial charge in [-0.25, -0.2) is 9.64 Å². The maximum atomic E-state index is 12.3. The molecule has 0 saturated carbocycles. The second-order valence-electron chi connectivity index (χ2n) is 6.71. The first-order chi connectivity index (χ1) is 11.9. The van der Waals surface area contributed by atoms with Gasteiger partial charge in [0.2, 0.25) is 0 Å². The number of unbranched alkanes of at least 4 members (excludes halogenated alkanes) is 1. The van der Waals surface area contributed by atoms with Crippen LogP contribution in [-0.4, -0.2) is 48.0 Å². The third kappa shape index (κ3) is 8.96. The molecule has 0 saturated heterocycles. The molecule has 0 aliphatic rings. The Hall–Kier alpha value is -2.26. The zero-order chi connectivity index (χ0) is 18.7. The molecule has 138 valence electrons. The van der Waals surface area contributed by atoms with Gasteiger partial charge in [0, 0.05) is 19.7 Å². The highest BCUT2D eigenvalue weighted by Crippen LogP contribution is 2.18. The summed E-state index contributed by atoms with van der Waals surface area (Å²) in [6.07, 6.45) is 1.72. The van der Waals surface area contributed by atoms with E-state index >= 15 is 0 Å². The molecule has 0 aliphatic carbocycles. The minimum atomic E-state index is -0.534. The molecule has 0 aliphatic heterocycles. The highest BCUT2D eigenvalue weighted by Gasteiger charge is 2.21. The van der Waals surface area contributed by atoms with Crippen molar-refractivity contribution in [3.63, 3.8) is 0 Å². The third-order valence-corrected chi connectivity index (χ3v) is 3.29. The van der Waals surface area contributed by atoms with Crippen molar-refractivity contribution in [2.24, 2.45) is 0 Å². The molecule has 0 radical (unpaired) electrons. The number of hydrogen-bond donors (Lipinski definition) is 1. The summed E-state index contributed by atoms with van der Waals surface area (Å²) in [6, 6.07) is 6.95. The third-order valence-electron chi connectivity index (χ3n) is 3.29. The van der Waals surface area contributed by atoms with E-state index < -0.39 is 5.60 Å². The Morgan fingerprint density at radius 1 is 1.16 bits per heavy atom. The molecule has 1 N–H and O–H groups in total. The molecule has 0 aromatic heterocycles. The minimum absolute atomic E-state index is 0.117. The van der Waals surface area contributed by atoms with Crippen molar-refractivity contribution in [3.05, 3.63) is 35.7 Å². The highest BCUT2D eigenvalue weighted by molar-refractivity contribution is 5.68. The summed E-state index contributed by atoms with van der Waals surface area (Å²) in [4.78, 5) is 17.3. The summed E-state index contributed by atoms with van der Waals surface area (Å²) in [6.45, 7) is 14.1. The summed E-state index contributed by atoms with van der Waals surface area (Å²) >= 11 is 0. The van der Waals surface area contributed by atoms with E-state index in [1.165, 1.54) is 0 Å². The fraction of sp³-hybridized carbons (Fsp3) is 0.579. The van der Waals surface area contributed by atoms with Gasteiger partial charge in [0.15, 0.2) is 5.69 Å². The fourth-order valence-electron chi connectivity index (χ4n) is 2.10. The van der Waals surface area contributed by atoms with E-state index in [1.54, 1.807) is 29.2 Å². The van der Waals surface area contributed by atoms with Crippen molar-refractivity contribution >= 4 is 11.8 Å². The molecule has 0 unspecified atom stereocenters. The summed E-state index contributed by atoms with van der Waals surface area (Å²) in [5, 5.41) is 8.91. The van der Waals surface area contributed by atoms with E-state index in [0.29, 0.717) is 44.0 Å². The molecule has 0 atom stereocenters. The number of amides is 1. The van der Waals surface area contributed by atoms with Gasteiger partial charge in [0.25, 0.3) is 0 Å². The van der Waals surface area contributed by atoms with Crippen LogP contribution < -0.4 is 4.74 Å².